The number of ether oxygens (including phenoxy) is 1. The smallest absolute Gasteiger partial charge is 0.183 e. The lowest BCUT2D eigenvalue weighted by Gasteiger charge is -2.51. The third kappa shape index (κ3) is 3.64. The van der Waals surface area contributed by atoms with Gasteiger partial charge in [-0.1, -0.05) is 25.1 Å². The molecule has 178 valence electrons. The van der Waals surface area contributed by atoms with Gasteiger partial charge in [0.15, 0.2) is 5.72 Å². The molecule has 2 aliphatic rings. The quantitative estimate of drug-likeness (QED) is 0.293. The first-order chi connectivity index (χ1) is 17.0. The molecule has 0 amide bonds. The minimum Gasteiger partial charge on any atom is -0.468 e. The van der Waals surface area contributed by atoms with Crippen LogP contribution in [0.3, 0.4) is 0 Å². The van der Waals surface area contributed by atoms with Crippen LogP contribution in [0.1, 0.15) is 53.7 Å². The predicted octanol–water partition coefficient (Wildman–Crippen LogP) is 8.24. The summed E-state index contributed by atoms with van der Waals surface area (Å²) in [4.78, 5) is 7.57. The van der Waals surface area contributed by atoms with Crippen molar-refractivity contribution < 1.29 is 9.13 Å². The Morgan fingerprint density at radius 3 is 2.54 bits per heavy atom. The Morgan fingerprint density at radius 1 is 1.03 bits per heavy atom. The Hall–Kier alpha value is -3.18. The van der Waals surface area contributed by atoms with Crippen molar-refractivity contribution in [2.75, 3.05) is 0 Å². The summed E-state index contributed by atoms with van der Waals surface area (Å²) in [5.41, 5.74) is 6.17. The largest absolute Gasteiger partial charge is 0.468 e. The van der Waals surface area contributed by atoms with E-state index in [2.05, 4.69) is 48.5 Å². The molecule has 35 heavy (non-hydrogen) atoms. The molecule has 0 saturated heterocycles. The molecule has 0 radical (unpaired) electrons. The van der Waals surface area contributed by atoms with Crippen LogP contribution < -0.4 is 4.74 Å². The lowest BCUT2D eigenvalue weighted by molar-refractivity contribution is -0.0967. The van der Waals surface area contributed by atoms with Crippen LogP contribution >= 0.6 is 11.3 Å². The van der Waals surface area contributed by atoms with E-state index in [1.165, 1.54) is 17.8 Å². The highest BCUT2D eigenvalue weighted by molar-refractivity contribution is 7.20. The van der Waals surface area contributed by atoms with Crippen LogP contribution in [0.5, 0.6) is 5.75 Å². The Labute approximate surface area is 209 Å². The minimum atomic E-state index is -0.406. The molecule has 0 N–H and O–H groups in total. The summed E-state index contributed by atoms with van der Waals surface area (Å²) >= 11 is 1.52. The van der Waals surface area contributed by atoms with Crippen molar-refractivity contribution in [3.05, 3.63) is 88.8 Å². The number of pyridine rings is 1. The highest BCUT2D eigenvalue weighted by Crippen LogP contribution is 2.48. The lowest BCUT2D eigenvalue weighted by atomic mass is 9.87. The molecule has 1 aliphatic heterocycles. The summed E-state index contributed by atoms with van der Waals surface area (Å²) in [7, 11) is 0. The number of thiophene rings is 1. The number of benzene rings is 2. The topological polar surface area (TPSA) is 25.4 Å². The summed E-state index contributed by atoms with van der Waals surface area (Å²) in [6, 6.07) is 14.0. The number of halogens is 1. The molecule has 1 spiro atoms. The van der Waals surface area contributed by atoms with Crippen LogP contribution in [-0.4, -0.2) is 15.6 Å². The summed E-state index contributed by atoms with van der Waals surface area (Å²) in [6.07, 6.45) is 9.07. The average Bonchev–Trinajstić information content (AvgIpc) is 3.24. The highest BCUT2D eigenvalue weighted by atomic mass is 32.1. The van der Waals surface area contributed by atoms with Crippen LogP contribution in [0, 0.1) is 19.7 Å². The second-order valence-corrected chi connectivity index (χ2v) is 10.8. The van der Waals surface area contributed by atoms with E-state index in [9.17, 15) is 4.39 Å². The molecule has 1 aliphatic carbocycles. The lowest BCUT2D eigenvalue weighted by Crippen LogP contribution is -2.55. The number of hydrogen-bond donors (Lipinski definition) is 0. The second-order valence-electron chi connectivity index (χ2n) is 9.82. The number of aryl methyl sites for hydroxylation is 2. The Balaban J connectivity index is 1.45. The van der Waals surface area contributed by atoms with Crippen LogP contribution in [0.2, 0.25) is 0 Å². The van der Waals surface area contributed by atoms with Gasteiger partial charge in [-0.15, -0.1) is 11.3 Å². The van der Waals surface area contributed by atoms with E-state index < -0.39 is 5.72 Å². The summed E-state index contributed by atoms with van der Waals surface area (Å²) in [6.45, 7) is 9.47. The van der Waals surface area contributed by atoms with Gasteiger partial charge < -0.3 is 9.64 Å². The van der Waals surface area contributed by atoms with Crippen molar-refractivity contribution in [2.45, 2.75) is 58.2 Å². The fourth-order valence-corrected chi connectivity index (χ4v) is 7.10. The zero-order valence-electron chi connectivity index (χ0n) is 20.2. The maximum atomic E-state index is 14.8. The van der Waals surface area contributed by atoms with Gasteiger partial charge in [0.2, 0.25) is 0 Å². The van der Waals surface area contributed by atoms with Gasteiger partial charge in [-0.3, -0.25) is 4.98 Å². The molecule has 0 atom stereocenters. The van der Waals surface area contributed by atoms with Crippen LogP contribution in [0.15, 0.2) is 61.4 Å². The monoisotopic (exact) mass is 484 g/mol. The summed E-state index contributed by atoms with van der Waals surface area (Å²) in [5.74, 6) is 0.802. The van der Waals surface area contributed by atoms with Gasteiger partial charge in [0, 0.05) is 36.2 Å². The van der Waals surface area contributed by atoms with Crippen molar-refractivity contribution in [1.82, 2.24) is 9.88 Å². The zero-order valence-corrected chi connectivity index (χ0v) is 21.1. The first-order valence-corrected chi connectivity index (χ1v) is 13.2. The number of fused-ring (bicyclic) bond motifs is 2. The molecule has 6 rings (SSSR count). The van der Waals surface area contributed by atoms with E-state index in [-0.39, 0.29) is 5.82 Å². The number of nitrogens with zero attached hydrogens (tertiary/aromatic N) is 2. The normalized spacial score (nSPS) is 16.8. The van der Waals surface area contributed by atoms with E-state index in [4.69, 9.17) is 4.74 Å². The molecule has 2 aromatic carbocycles. The number of aromatic nitrogens is 1. The van der Waals surface area contributed by atoms with E-state index in [0.717, 1.165) is 86.5 Å². The standard InChI is InChI=1S/C30H29FN2OS/c1-19-7-9-25(31)29-27(19)20(2)28(35-29)21(3)33-18-24-17-23(22-11-15-32-16-12-22)8-10-26(24)34-30(33)13-5-4-6-14-30/h7-12,15-17H,3-6,13-14,18H2,1-2H3. The van der Waals surface area contributed by atoms with Crippen molar-refractivity contribution in [3.8, 4) is 16.9 Å². The average molecular weight is 485 g/mol. The highest BCUT2D eigenvalue weighted by Gasteiger charge is 2.45. The molecule has 3 nitrogen and oxygen atoms in total. The Kier molecular flexibility index (Phi) is 5.41. The molecule has 0 unspecified atom stereocenters. The van der Waals surface area contributed by atoms with Gasteiger partial charge >= 0.3 is 0 Å². The van der Waals surface area contributed by atoms with Crippen molar-refractivity contribution in [3.63, 3.8) is 0 Å². The summed E-state index contributed by atoms with van der Waals surface area (Å²) < 4.78 is 22.3. The third-order valence-corrected chi connectivity index (χ3v) is 9.00. The van der Waals surface area contributed by atoms with E-state index in [1.807, 2.05) is 30.6 Å². The number of hydrogen-bond acceptors (Lipinski definition) is 4. The molecule has 3 heterocycles. The molecule has 5 heteroatoms. The first-order valence-electron chi connectivity index (χ1n) is 12.3. The summed E-state index contributed by atoms with van der Waals surface area (Å²) in [5, 5.41) is 1.02. The van der Waals surface area contributed by atoms with Gasteiger partial charge in [-0.25, -0.2) is 4.39 Å². The van der Waals surface area contributed by atoms with Crippen molar-refractivity contribution >= 4 is 27.1 Å². The Bertz CT molecular complexity index is 1440. The molecule has 1 saturated carbocycles. The SMILES string of the molecule is C=C(c1sc2c(F)ccc(C)c2c1C)N1Cc2cc(-c3ccncc3)ccc2OC12CCCCC2. The van der Waals surface area contributed by atoms with Crippen molar-refractivity contribution in [2.24, 2.45) is 0 Å². The third-order valence-electron chi connectivity index (χ3n) is 7.65. The molecule has 4 aromatic rings. The van der Waals surface area contributed by atoms with Gasteiger partial charge in [-0.05, 0) is 79.3 Å². The maximum Gasteiger partial charge on any atom is 0.183 e. The van der Waals surface area contributed by atoms with Crippen LogP contribution in [0.25, 0.3) is 26.9 Å². The van der Waals surface area contributed by atoms with E-state index >= 15 is 0 Å². The first kappa shape index (κ1) is 22.3. The maximum absolute atomic E-state index is 14.8. The second kappa shape index (κ2) is 8.49. The molecular formula is C30H29FN2OS. The zero-order chi connectivity index (χ0) is 24.2. The molecule has 2 aromatic heterocycles. The van der Waals surface area contributed by atoms with Crippen LogP contribution in [-0.2, 0) is 6.54 Å². The molecular weight excluding hydrogens is 455 g/mol. The van der Waals surface area contributed by atoms with Gasteiger partial charge in [-0.2, -0.15) is 0 Å². The van der Waals surface area contributed by atoms with Gasteiger partial charge in [0.25, 0.3) is 0 Å². The van der Waals surface area contributed by atoms with Gasteiger partial charge in [0.1, 0.15) is 11.6 Å². The van der Waals surface area contributed by atoms with E-state index in [1.54, 1.807) is 6.07 Å². The van der Waals surface area contributed by atoms with E-state index in [0.29, 0.717) is 0 Å². The van der Waals surface area contributed by atoms with Gasteiger partial charge in [0.05, 0.1) is 21.8 Å². The van der Waals surface area contributed by atoms with Crippen molar-refractivity contribution in [1.29, 1.82) is 0 Å². The fraction of sp³-hybridized carbons (Fsp3) is 0.300. The Morgan fingerprint density at radius 2 is 1.80 bits per heavy atom. The fourth-order valence-electron chi connectivity index (χ4n) is 5.83. The molecule has 1 fully saturated rings. The van der Waals surface area contributed by atoms with Crippen LogP contribution in [0.4, 0.5) is 4.39 Å². The molecule has 0 bridgehead atoms. The minimum absolute atomic E-state index is 0.160. The predicted molar refractivity (Wildman–Crippen MR) is 142 cm³/mol. The number of rotatable bonds is 3.